The molecule has 1 spiro atoms. The second-order valence-electron chi connectivity index (χ2n) is 8.52. The van der Waals surface area contributed by atoms with Crippen molar-refractivity contribution >= 4 is 16.2 Å². The number of nitrogens with zero attached hydrogens (tertiary/aromatic N) is 1. The molecule has 1 aromatic rings. The van der Waals surface area contributed by atoms with Crippen molar-refractivity contribution in [1.82, 2.24) is 4.90 Å². The maximum absolute atomic E-state index is 12.9. The molecule has 11 heteroatoms. The fraction of sp³-hybridized carbons (Fsp3) is 0.632. The Morgan fingerprint density at radius 2 is 1.90 bits per heavy atom. The van der Waals surface area contributed by atoms with Crippen LogP contribution in [-0.4, -0.2) is 49.2 Å². The van der Waals surface area contributed by atoms with Gasteiger partial charge in [-0.2, -0.15) is 21.6 Å². The zero-order valence-corrected chi connectivity index (χ0v) is 17.7. The zero-order chi connectivity index (χ0) is 22.4. The number of carbonyl (C=O) groups is 1. The minimum absolute atomic E-state index is 0.0438. The SMILES string of the molecule is CC(C)(C)OC(=O)N1CCCC2(CC(OS(=O)(=O)C(F)(F)F)c3ccccc3O2)C1. The lowest BCUT2D eigenvalue weighted by atomic mass is 9.83. The van der Waals surface area contributed by atoms with Crippen molar-refractivity contribution in [2.45, 2.75) is 62.8 Å². The molecule has 0 saturated carbocycles. The Hall–Kier alpha value is -2.01. The Labute approximate surface area is 173 Å². The lowest BCUT2D eigenvalue weighted by molar-refractivity contribution is -0.0761. The number of amides is 1. The molecular formula is C19H24F3NO6S. The number of halogens is 3. The van der Waals surface area contributed by atoms with E-state index in [0.29, 0.717) is 19.4 Å². The topological polar surface area (TPSA) is 82.1 Å². The van der Waals surface area contributed by atoms with Crippen molar-refractivity contribution in [2.24, 2.45) is 0 Å². The standard InChI is InChI=1S/C19H24F3NO6S/c1-17(2,3)28-16(24)23-10-6-9-18(12-23)11-15(29-30(25,26)19(20,21)22)13-7-4-5-8-14(13)27-18/h4-5,7-8,15H,6,9-12H2,1-3H3. The molecule has 0 aliphatic carbocycles. The van der Waals surface area contributed by atoms with Gasteiger partial charge in [-0.15, -0.1) is 0 Å². The van der Waals surface area contributed by atoms with E-state index in [1.807, 2.05) is 0 Å². The summed E-state index contributed by atoms with van der Waals surface area (Å²) < 4.78 is 78.1. The number of alkyl halides is 3. The summed E-state index contributed by atoms with van der Waals surface area (Å²) in [6.07, 6.45) is -1.17. The Morgan fingerprint density at radius 3 is 2.53 bits per heavy atom. The molecule has 1 aromatic carbocycles. The van der Waals surface area contributed by atoms with E-state index < -0.39 is 39.0 Å². The van der Waals surface area contributed by atoms with Crippen molar-refractivity contribution in [3.05, 3.63) is 29.8 Å². The van der Waals surface area contributed by atoms with Crippen LogP contribution in [0.15, 0.2) is 24.3 Å². The van der Waals surface area contributed by atoms with Crippen LogP contribution in [0.3, 0.4) is 0 Å². The highest BCUT2D eigenvalue weighted by atomic mass is 32.2. The minimum Gasteiger partial charge on any atom is -0.485 e. The third kappa shape index (κ3) is 4.83. The minimum atomic E-state index is -5.81. The summed E-state index contributed by atoms with van der Waals surface area (Å²) in [6.45, 7) is 5.62. The molecule has 2 heterocycles. The predicted octanol–water partition coefficient (Wildman–Crippen LogP) is 4.15. The maximum atomic E-state index is 12.9. The number of benzene rings is 1. The normalized spacial score (nSPS) is 24.9. The van der Waals surface area contributed by atoms with Gasteiger partial charge in [0, 0.05) is 18.5 Å². The van der Waals surface area contributed by atoms with Gasteiger partial charge in [0.1, 0.15) is 23.1 Å². The molecule has 2 aliphatic rings. The number of fused-ring (bicyclic) bond motifs is 1. The highest BCUT2D eigenvalue weighted by Gasteiger charge is 2.52. The van der Waals surface area contributed by atoms with Gasteiger partial charge in [-0.05, 0) is 39.7 Å². The van der Waals surface area contributed by atoms with Gasteiger partial charge in [-0.25, -0.2) is 4.79 Å². The molecule has 1 fully saturated rings. The molecular weight excluding hydrogens is 427 g/mol. The number of para-hydroxylation sites is 1. The van der Waals surface area contributed by atoms with Crippen molar-refractivity contribution in [3.8, 4) is 5.75 Å². The van der Waals surface area contributed by atoms with Gasteiger partial charge in [0.2, 0.25) is 0 Å². The first kappa shape index (κ1) is 22.7. The summed E-state index contributed by atoms with van der Waals surface area (Å²) in [7, 11) is -5.81. The van der Waals surface area contributed by atoms with Crippen molar-refractivity contribution in [2.75, 3.05) is 13.1 Å². The summed E-state index contributed by atoms with van der Waals surface area (Å²) in [5.41, 5.74) is -7.13. The predicted molar refractivity (Wildman–Crippen MR) is 100 cm³/mol. The second-order valence-corrected chi connectivity index (χ2v) is 10.1. The molecule has 0 N–H and O–H groups in total. The van der Waals surface area contributed by atoms with Gasteiger partial charge in [-0.3, -0.25) is 4.18 Å². The van der Waals surface area contributed by atoms with Crippen LogP contribution >= 0.6 is 0 Å². The second kappa shape index (κ2) is 7.60. The quantitative estimate of drug-likeness (QED) is 0.496. The molecule has 2 atom stereocenters. The summed E-state index contributed by atoms with van der Waals surface area (Å²) in [4.78, 5) is 13.9. The Kier molecular flexibility index (Phi) is 5.74. The fourth-order valence-corrected chi connectivity index (χ4v) is 4.27. The first-order chi connectivity index (χ1) is 13.7. The average molecular weight is 451 g/mol. The van der Waals surface area contributed by atoms with E-state index in [1.165, 1.54) is 11.0 Å². The van der Waals surface area contributed by atoms with E-state index in [-0.39, 0.29) is 24.3 Å². The molecule has 0 radical (unpaired) electrons. The molecule has 0 aromatic heterocycles. The number of piperidine rings is 1. The number of likely N-dealkylation sites (tertiary alicyclic amines) is 1. The molecule has 168 valence electrons. The molecule has 2 unspecified atom stereocenters. The number of hydrogen-bond donors (Lipinski definition) is 0. The van der Waals surface area contributed by atoms with E-state index in [1.54, 1.807) is 39.0 Å². The van der Waals surface area contributed by atoms with Crippen LogP contribution in [0, 0.1) is 0 Å². The number of hydrogen-bond acceptors (Lipinski definition) is 6. The Bertz CT molecular complexity index is 912. The van der Waals surface area contributed by atoms with Crippen LogP contribution in [0.1, 0.15) is 51.7 Å². The van der Waals surface area contributed by atoms with Gasteiger partial charge in [-0.1, -0.05) is 18.2 Å². The van der Waals surface area contributed by atoms with Crippen LogP contribution in [0.25, 0.3) is 0 Å². The third-order valence-corrected chi connectivity index (χ3v) is 5.92. The molecule has 3 rings (SSSR count). The van der Waals surface area contributed by atoms with Crippen LogP contribution in [0.2, 0.25) is 0 Å². The summed E-state index contributed by atoms with van der Waals surface area (Å²) in [5.74, 6) is 0.233. The zero-order valence-electron chi connectivity index (χ0n) is 16.9. The molecule has 2 aliphatic heterocycles. The Balaban J connectivity index is 1.89. The molecule has 7 nitrogen and oxygen atoms in total. The van der Waals surface area contributed by atoms with Crippen molar-refractivity contribution < 1.29 is 40.0 Å². The molecule has 1 saturated heterocycles. The largest absolute Gasteiger partial charge is 0.523 e. The first-order valence-electron chi connectivity index (χ1n) is 9.47. The van der Waals surface area contributed by atoms with Gasteiger partial charge in [0.05, 0.1) is 6.54 Å². The highest BCUT2D eigenvalue weighted by Crippen LogP contribution is 2.46. The van der Waals surface area contributed by atoms with Crippen LogP contribution < -0.4 is 4.74 Å². The van der Waals surface area contributed by atoms with Gasteiger partial charge in [0.15, 0.2) is 0 Å². The highest BCUT2D eigenvalue weighted by molar-refractivity contribution is 7.87. The first-order valence-corrected chi connectivity index (χ1v) is 10.9. The number of carbonyl (C=O) groups excluding carboxylic acids is 1. The van der Waals surface area contributed by atoms with Gasteiger partial charge < -0.3 is 14.4 Å². The summed E-state index contributed by atoms with van der Waals surface area (Å²) >= 11 is 0. The van der Waals surface area contributed by atoms with Crippen LogP contribution in [-0.2, 0) is 19.0 Å². The lowest BCUT2D eigenvalue weighted by Gasteiger charge is -2.47. The fourth-order valence-electron chi connectivity index (χ4n) is 3.69. The number of rotatable bonds is 2. The Morgan fingerprint density at radius 1 is 1.23 bits per heavy atom. The van der Waals surface area contributed by atoms with Crippen LogP contribution in [0.5, 0.6) is 5.75 Å². The lowest BCUT2D eigenvalue weighted by Crippen LogP contribution is -2.56. The summed E-state index contributed by atoms with van der Waals surface area (Å²) in [5, 5.41) is 0. The monoisotopic (exact) mass is 451 g/mol. The van der Waals surface area contributed by atoms with E-state index in [0.717, 1.165) is 0 Å². The maximum Gasteiger partial charge on any atom is 0.523 e. The molecule has 1 amide bonds. The van der Waals surface area contributed by atoms with E-state index >= 15 is 0 Å². The van der Waals surface area contributed by atoms with E-state index in [4.69, 9.17) is 9.47 Å². The van der Waals surface area contributed by atoms with E-state index in [2.05, 4.69) is 4.18 Å². The number of ether oxygens (including phenoxy) is 2. The van der Waals surface area contributed by atoms with Gasteiger partial charge >= 0.3 is 21.7 Å². The molecule has 0 bridgehead atoms. The summed E-state index contributed by atoms with van der Waals surface area (Å²) in [6, 6.07) is 6.19. The third-order valence-electron chi connectivity index (χ3n) is 4.87. The van der Waals surface area contributed by atoms with Gasteiger partial charge in [0.25, 0.3) is 0 Å². The van der Waals surface area contributed by atoms with E-state index in [9.17, 15) is 26.4 Å². The molecule has 30 heavy (non-hydrogen) atoms. The average Bonchev–Trinajstić information content (AvgIpc) is 2.59. The van der Waals surface area contributed by atoms with Crippen molar-refractivity contribution in [1.29, 1.82) is 0 Å². The van der Waals surface area contributed by atoms with Crippen molar-refractivity contribution in [3.63, 3.8) is 0 Å². The smallest absolute Gasteiger partial charge is 0.485 e. The van der Waals surface area contributed by atoms with Crippen LogP contribution in [0.4, 0.5) is 18.0 Å².